The molecule has 3 rings (SSSR count). The Kier molecular flexibility index (Phi) is 4.74. The van der Waals surface area contributed by atoms with Gasteiger partial charge in [0.2, 0.25) is 0 Å². The molecule has 0 spiro atoms. The van der Waals surface area contributed by atoms with E-state index in [2.05, 4.69) is 23.2 Å². The predicted molar refractivity (Wildman–Crippen MR) is 89.0 cm³/mol. The molecule has 3 nitrogen and oxygen atoms in total. The molecule has 22 heavy (non-hydrogen) atoms. The summed E-state index contributed by atoms with van der Waals surface area (Å²) in [6.45, 7) is 0. The lowest BCUT2D eigenvalue weighted by atomic mass is 10.1. The van der Waals surface area contributed by atoms with Crippen LogP contribution in [0.5, 0.6) is 11.5 Å². The number of hydrogen-bond donors (Lipinski definition) is 0. The highest BCUT2D eigenvalue weighted by Crippen LogP contribution is 2.32. The zero-order chi connectivity index (χ0) is 15.2. The second-order valence-electron chi connectivity index (χ2n) is 5.55. The first kappa shape index (κ1) is 14.6. The average Bonchev–Trinajstić information content (AvgIpc) is 3.07. The van der Waals surface area contributed by atoms with Gasteiger partial charge in [0, 0.05) is 12.4 Å². The zero-order valence-corrected chi connectivity index (χ0v) is 12.9. The minimum atomic E-state index is 0.327. The third-order valence-corrected chi connectivity index (χ3v) is 3.96. The minimum Gasteiger partial charge on any atom is -0.493 e. The molecule has 0 N–H and O–H groups in total. The van der Waals surface area contributed by atoms with Crippen LogP contribution >= 0.6 is 0 Å². The summed E-state index contributed by atoms with van der Waals surface area (Å²) in [6, 6.07) is 10.0. The van der Waals surface area contributed by atoms with Crippen molar-refractivity contribution in [2.45, 2.75) is 31.8 Å². The molecule has 1 heterocycles. The van der Waals surface area contributed by atoms with E-state index in [1.807, 2.05) is 24.3 Å². The standard InChI is InChI=1S/C19H21NO2/c1-21-18-9-8-16(7-6-15-10-12-20-13-11-15)14-19(18)22-17-4-2-3-5-17/h6-14,17H,2-5H2,1H3/b7-6-. The molecule has 0 unspecified atom stereocenters. The number of methoxy groups -OCH3 is 1. The molecule has 1 aromatic heterocycles. The van der Waals surface area contributed by atoms with Crippen LogP contribution in [0.15, 0.2) is 42.7 Å². The van der Waals surface area contributed by atoms with Crippen molar-refractivity contribution < 1.29 is 9.47 Å². The van der Waals surface area contributed by atoms with Gasteiger partial charge in [0.1, 0.15) is 0 Å². The van der Waals surface area contributed by atoms with Crippen LogP contribution in [0, 0.1) is 0 Å². The Hall–Kier alpha value is -2.29. The van der Waals surface area contributed by atoms with E-state index >= 15 is 0 Å². The van der Waals surface area contributed by atoms with Crippen LogP contribution in [0.25, 0.3) is 12.2 Å². The van der Waals surface area contributed by atoms with Gasteiger partial charge in [0.25, 0.3) is 0 Å². The topological polar surface area (TPSA) is 31.4 Å². The van der Waals surface area contributed by atoms with Gasteiger partial charge in [-0.25, -0.2) is 0 Å². The fourth-order valence-corrected chi connectivity index (χ4v) is 2.74. The summed E-state index contributed by atoms with van der Waals surface area (Å²) in [5.41, 5.74) is 2.23. The Morgan fingerprint density at radius 3 is 2.41 bits per heavy atom. The number of aromatic nitrogens is 1. The first-order valence-corrected chi connectivity index (χ1v) is 7.78. The quantitative estimate of drug-likeness (QED) is 0.809. The molecule has 0 atom stereocenters. The van der Waals surface area contributed by atoms with E-state index < -0.39 is 0 Å². The Morgan fingerprint density at radius 2 is 1.68 bits per heavy atom. The average molecular weight is 295 g/mol. The van der Waals surface area contributed by atoms with Crippen molar-refractivity contribution in [1.29, 1.82) is 0 Å². The molecule has 114 valence electrons. The van der Waals surface area contributed by atoms with Gasteiger partial charge in [0.05, 0.1) is 13.2 Å². The van der Waals surface area contributed by atoms with Crippen molar-refractivity contribution in [3.63, 3.8) is 0 Å². The van der Waals surface area contributed by atoms with Gasteiger partial charge < -0.3 is 9.47 Å². The van der Waals surface area contributed by atoms with Crippen molar-refractivity contribution in [2.24, 2.45) is 0 Å². The number of benzene rings is 1. The van der Waals surface area contributed by atoms with Crippen LogP contribution in [-0.2, 0) is 0 Å². The number of nitrogens with zero attached hydrogens (tertiary/aromatic N) is 1. The molecule has 1 aromatic carbocycles. The highest BCUT2D eigenvalue weighted by molar-refractivity contribution is 5.70. The van der Waals surface area contributed by atoms with Gasteiger partial charge in [0.15, 0.2) is 11.5 Å². The molecule has 1 fully saturated rings. The first-order chi connectivity index (χ1) is 10.8. The smallest absolute Gasteiger partial charge is 0.162 e. The minimum absolute atomic E-state index is 0.327. The molecule has 1 aliphatic rings. The maximum Gasteiger partial charge on any atom is 0.162 e. The molecular formula is C19H21NO2. The molecule has 1 saturated carbocycles. The van der Waals surface area contributed by atoms with Crippen LogP contribution in [0.3, 0.4) is 0 Å². The van der Waals surface area contributed by atoms with E-state index in [0.29, 0.717) is 6.10 Å². The summed E-state index contributed by atoms with van der Waals surface area (Å²) in [5, 5.41) is 0. The van der Waals surface area contributed by atoms with E-state index in [1.54, 1.807) is 19.5 Å². The Balaban J connectivity index is 1.78. The van der Waals surface area contributed by atoms with Gasteiger partial charge in [-0.2, -0.15) is 0 Å². The summed E-state index contributed by atoms with van der Waals surface area (Å²) >= 11 is 0. The Bertz CT molecular complexity index is 631. The van der Waals surface area contributed by atoms with E-state index in [1.165, 1.54) is 12.8 Å². The van der Waals surface area contributed by atoms with Gasteiger partial charge in [-0.1, -0.05) is 18.2 Å². The summed E-state index contributed by atoms with van der Waals surface area (Å²) in [6.07, 6.45) is 12.9. The summed E-state index contributed by atoms with van der Waals surface area (Å²) in [4.78, 5) is 4.02. The third kappa shape index (κ3) is 3.67. The van der Waals surface area contributed by atoms with Gasteiger partial charge in [-0.05, 0) is 61.1 Å². The van der Waals surface area contributed by atoms with Crippen LogP contribution in [0.2, 0.25) is 0 Å². The first-order valence-electron chi connectivity index (χ1n) is 7.78. The van der Waals surface area contributed by atoms with Crippen LogP contribution in [-0.4, -0.2) is 18.2 Å². The van der Waals surface area contributed by atoms with E-state index in [4.69, 9.17) is 9.47 Å². The summed E-state index contributed by atoms with van der Waals surface area (Å²) in [5.74, 6) is 1.64. The lowest BCUT2D eigenvalue weighted by molar-refractivity contribution is 0.201. The molecular weight excluding hydrogens is 274 g/mol. The maximum absolute atomic E-state index is 6.12. The Morgan fingerprint density at radius 1 is 0.955 bits per heavy atom. The van der Waals surface area contributed by atoms with E-state index in [0.717, 1.165) is 35.5 Å². The Labute approximate surface area is 131 Å². The third-order valence-electron chi connectivity index (χ3n) is 3.96. The van der Waals surface area contributed by atoms with Gasteiger partial charge in [-0.15, -0.1) is 0 Å². The molecule has 0 radical (unpaired) electrons. The second-order valence-corrected chi connectivity index (χ2v) is 5.55. The van der Waals surface area contributed by atoms with Crippen molar-refractivity contribution in [1.82, 2.24) is 4.98 Å². The van der Waals surface area contributed by atoms with Crippen LogP contribution in [0.1, 0.15) is 36.8 Å². The molecule has 0 aliphatic heterocycles. The number of pyridine rings is 1. The highest BCUT2D eigenvalue weighted by Gasteiger charge is 2.18. The number of hydrogen-bond acceptors (Lipinski definition) is 3. The largest absolute Gasteiger partial charge is 0.493 e. The molecule has 0 bridgehead atoms. The second kappa shape index (κ2) is 7.12. The lowest BCUT2D eigenvalue weighted by Gasteiger charge is -2.16. The van der Waals surface area contributed by atoms with E-state index in [9.17, 15) is 0 Å². The highest BCUT2D eigenvalue weighted by atomic mass is 16.5. The molecule has 0 saturated heterocycles. The SMILES string of the molecule is COc1ccc(/C=C\c2ccncc2)cc1OC1CCCC1. The summed E-state index contributed by atoms with van der Waals surface area (Å²) < 4.78 is 11.5. The van der Waals surface area contributed by atoms with Crippen molar-refractivity contribution in [2.75, 3.05) is 7.11 Å². The van der Waals surface area contributed by atoms with Gasteiger partial charge in [-0.3, -0.25) is 4.98 Å². The molecule has 1 aliphatic carbocycles. The lowest BCUT2D eigenvalue weighted by Crippen LogP contribution is -2.11. The van der Waals surface area contributed by atoms with Crippen molar-refractivity contribution in [3.05, 3.63) is 53.9 Å². The van der Waals surface area contributed by atoms with Crippen LogP contribution < -0.4 is 9.47 Å². The molecule has 3 heteroatoms. The van der Waals surface area contributed by atoms with Gasteiger partial charge >= 0.3 is 0 Å². The normalized spacial score (nSPS) is 15.3. The maximum atomic E-state index is 6.12. The number of rotatable bonds is 5. The van der Waals surface area contributed by atoms with Crippen molar-refractivity contribution >= 4 is 12.2 Å². The monoisotopic (exact) mass is 295 g/mol. The molecule has 0 amide bonds. The fraction of sp³-hybridized carbons (Fsp3) is 0.316. The fourth-order valence-electron chi connectivity index (χ4n) is 2.74. The molecule has 2 aromatic rings. The number of ether oxygens (including phenoxy) is 2. The van der Waals surface area contributed by atoms with E-state index in [-0.39, 0.29) is 0 Å². The van der Waals surface area contributed by atoms with Crippen molar-refractivity contribution in [3.8, 4) is 11.5 Å². The summed E-state index contributed by atoms with van der Waals surface area (Å²) in [7, 11) is 1.68. The predicted octanol–water partition coefficient (Wildman–Crippen LogP) is 4.58. The van der Waals surface area contributed by atoms with Crippen LogP contribution in [0.4, 0.5) is 0 Å². The zero-order valence-electron chi connectivity index (χ0n) is 12.9.